The standard InChI is InChI=1S/C22H29N5O2/c1-3-26-10-12-27(13-11-26)21-19(22(28)24-14-16-4-5-16)15-23-20(25-21)17-6-8-18(29-2)9-7-17/h6-9,15-16H,3-5,10-14H2,1-2H3,(H,24,28). The number of anilines is 1. The Balaban J connectivity index is 1.61. The van der Waals surface area contributed by atoms with Gasteiger partial charge >= 0.3 is 0 Å². The summed E-state index contributed by atoms with van der Waals surface area (Å²) in [5.41, 5.74) is 1.47. The van der Waals surface area contributed by atoms with E-state index in [1.165, 1.54) is 12.8 Å². The summed E-state index contributed by atoms with van der Waals surface area (Å²) in [6.07, 6.45) is 4.09. The van der Waals surface area contributed by atoms with Crippen LogP contribution in [-0.2, 0) is 0 Å². The van der Waals surface area contributed by atoms with E-state index in [1.807, 2.05) is 24.3 Å². The molecule has 29 heavy (non-hydrogen) atoms. The number of amides is 1. The molecule has 4 rings (SSSR count). The van der Waals surface area contributed by atoms with Crippen LogP contribution in [0.3, 0.4) is 0 Å². The normalized spacial score (nSPS) is 17.2. The number of piperazine rings is 1. The molecule has 1 amide bonds. The van der Waals surface area contributed by atoms with Crippen molar-refractivity contribution < 1.29 is 9.53 Å². The lowest BCUT2D eigenvalue weighted by atomic mass is 10.1. The molecule has 1 aromatic heterocycles. The van der Waals surface area contributed by atoms with E-state index in [2.05, 4.69) is 27.0 Å². The third-order valence-corrected chi connectivity index (χ3v) is 5.73. The van der Waals surface area contributed by atoms with Gasteiger partial charge in [0.05, 0.1) is 7.11 Å². The highest BCUT2D eigenvalue weighted by Crippen LogP contribution is 2.28. The van der Waals surface area contributed by atoms with E-state index in [4.69, 9.17) is 9.72 Å². The smallest absolute Gasteiger partial charge is 0.256 e. The first-order chi connectivity index (χ1) is 14.2. The Kier molecular flexibility index (Phi) is 5.94. The van der Waals surface area contributed by atoms with Crippen molar-refractivity contribution in [2.75, 3.05) is 51.3 Å². The minimum absolute atomic E-state index is 0.0777. The van der Waals surface area contributed by atoms with E-state index < -0.39 is 0 Å². The topological polar surface area (TPSA) is 70.6 Å². The van der Waals surface area contributed by atoms with Crippen LogP contribution in [0.5, 0.6) is 5.75 Å². The van der Waals surface area contributed by atoms with Gasteiger partial charge in [-0.2, -0.15) is 0 Å². The molecule has 0 atom stereocenters. The fraction of sp³-hybridized carbons (Fsp3) is 0.500. The first kappa shape index (κ1) is 19.6. The SMILES string of the molecule is CCN1CCN(c2nc(-c3ccc(OC)cc3)ncc2C(=O)NCC2CC2)CC1. The summed E-state index contributed by atoms with van der Waals surface area (Å²) in [6.45, 7) is 7.62. The minimum atomic E-state index is -0.0777. The van der Waals surface area contributed by atoms with Crippen molar-refractivity contribution >= 4 is 11.7 Å². The molecular formula is C22H29N5O2. The van der Waals surface area contributed by atoms with Crippen LogP contribution in [0.25, 0.3) is 11.4 Å². The van der Waals surface area contributed by atoms with Gasteiger partial charge in [0.25, 0.3) is 5.91 Å². The van der Waals surface area contributed by atoms with Gasteiger partial charge in [-0.05, 0) is 49.6 Å². The van der Waals surface area contributed by atoms with E-state index in [0.717, 1.165) is 56.4 Å². The summed E-state index contributed by atoms with van der Waals surface area (Å²) in [7, 11) is 1.65. The first-order valence-electron chi connectivity index (χ1n) is 10.4. The molecule has 0 unspecified atom stereocenters. The molecule has 154 valence electrons. The van der Waals surface area contributed by atoms with E-state index in [-0.39, 0.29) is 5.91 Å². The van der Waals surface area contributed by atoms with Crippen LogP contribution < -0.4 is 15.0 Å². The summed E-state index contributed by atoms with van der Waals surface area (Å²) in [5, 5.41) is 3.06. The third kappa shape index (κ3) is 4.67. The average Bonchev–Trinajstić information content (AvgIpc) is 3.62. The van der Waals surface area contributed by atoms with Gasteiger partial charge in [-0.3, -0.25) is 4.79 Å². The van der Waals surface area contributed by atoms with Crippen LogP contribution in [0.1, 0.15) is 30.1 Å². The number of carbonyl (C=O) groups is 1. The number of benzene rings is 1. The van der Waals surface area contributed by atoms with Crippen LogP contribution in [0.2, 0.25) is 0 Å². The monoisotopic (exact) mass is 395 g/mol. The van der Waals surface area contributed by atoms with Crippen LogP contribution in [0, 0.1) is 5.92 Å². The fourth-order valence-electron chi connectivity index (χ4n) is 3.58. The molecule has 7 heteroatoms. The molecule has 1 aliphatic carbocycles. The predicted molar refractivity (Wildman–Crippen MR) is 113 cm³/mol. The lowest BCUT2D eigenvalue weighted by Crippen LogP contribution is -2.47. The predicted octanol–water partition coefficient (Wildman–Crippen LogP) is 2.43. The fourth-order valence-corrected chi connectivity index (χ4v) is 3.58. The van der Waals surface area contributed by atoms with Crippen LogP contribution in [-0.4, -0.2) is 67.2 Å². The Morgan fingerprint density at radius 2 is 1.90 bits per heavy atom. The number of likely N-dealkylation sites (N-methyl/N-ethyl adjacent to an activating group) is 1. The Morgan fingerprint density at radius 3 is 2.52 bits per heavy atom. The number of carbonyl (C=O) groups excluding carboxylic acids is 1. The molecule has 1 N–H and O–H groups in total. The molecule has 1 saturated carbocycles. The van der Waals surface area contributed by atoms with E-state index in [1.54, 1.807) is 13.3 Å². The Labute approximate surface area is 172 Å². The second-order valence-corrected chi connectivity index (χ2v) is 7.73. The number of aromatic nitrogens is 2. The van der Waals surface area contributed by atoms with Gasteiger partial charge in [-0.15, -0.1) is 0 Å². The number of ether oxygens (including phenoxy) is 1. The van der Waals surface area contributed by atoms with Crippen LogP contribution in [0.4, 0.5) is 5.82 Å². The van der Waals surface area contributed by atoms with Crippen molar-refractivity contribution in [3.63, 3.8) is 0 Å². The quantitative estimate of drug-likeness (QED) is 0.777. The number of methoxy groups -OCH3 is 1. The molecular weight excluding hydrogens is 366 g/mol. The zero-order valence-corrected chi connectivity index (χ0v) is 17.2. The lowest BCUT2D eigenvalue weighted by Gasteiger charge is -2.35. The average molecular weight is 396 g/mol. The van der Waals surface area contributed by atoms with Crippen LogP contribution in [0.15, 0.2) is 30.5 Å². The van der Waals surface area contributed by atoms with E-state index in [0.29, 0.717) is 17.3 Å². The highest BCUT2D eigenvalue weighted by molar-refractivity contribution is 5.99. The largest absolute Gasteiger partial charge is 0.497 e. The molecule has 1 aromatic carbocycles. The summed E-state index contributed by atoms with van der Waals surface area (Å²) in [6, 6.07) is 7.68. The molecule has 0 radical (unpaired) electrons. The minimum Gasteiger partial charge on any atom is -0.497 e. The second kappa shape index (κ2) is 8.78. The maximum absolute atomic E-state index is 12.8. The molecule has 0 bridgehead atoms. The Bertz CT molecular complexity index is 843. The first-order valence-corrected chi connectivity index (χ1v) is 10.4. The zero-order chi connectivity index (χ0) is 20.2. The van der Waals surface area contributed by atoms with Crippen molar-refractivity contribution in [3.05, 3.63) is 36.0 Å². The zero-order valence-electron chi connectivity index (χ0n) is 17.2. The van der Waals surface area contributed by atoms with Crippen molar-refractivity contribution in [3.8, 4) is 17.1 Å². The summed E-state index contributed by atoms with van der Waals surface area (Å²) < 4.78 is 5.24. The summed E-state index contributed by atoms with van der Waals surface area (Å²) in [4.78, 5) is 26.8. The van der Waals surface area contributed by atoms with Gasteiger partial charge in [-0.25, -0.2) is 9.97 Å². The maximum atomic E-state index is 12.8. The number of rotatable bonds is 7. The number of nitrogens with zero attached hydrogens (tertiary/aromatic N) is 4. The van der Waals surface area contributed by atoms with Crippen molar-refractivity contribution in [1.82, 2.24) is 20.2 Å². The van der Waals surface area contributed by atoms with Gasteiger partial charge < -0.3 is 19.9 Å². The molecule has 2 aromatic rings. The molecule has 1 saturated heterocycles. The highest BCUT2D eigenvalue weighted by atomic mass is 16.5. The number of hydrogen-bond acceptors (Lipinski definition) is 6. The Hall–Kier alpha value is -2.67. The van der Waals surface area contributed by atoms with Gasteiger partial charge in [0, 0.05) is 44.5 Å². The van der Waals surface area contributed by atoms with E-state index in [9.17, 15) is 4.79 Å². The van der Waals surface area contributed by atoms with Gasteiger partial charge in [-0.1, -0.05) is 6.92 Å². The number of nitrogens with one attached hydrogen (secondary N) is 1. The molecule has 1 aliphatic heterocycles. The second-order valence-electron chi connectivity index (χ2n) is 7.73. The molecule has 2 heterocycles. The third-order valence-electron chi connectivity index (χ3n) is 5.73. The van der Waals surface area contributed by atoms with Crippen molar-refractivity contribution in [2.45, 2.75) is 19.8 Å². The Morgan fingerprint density at radius 1 is 1.17 bits per heavy atom. The molecule has 2 aliphatic rings. The summed E-state index contributed by atoms with van der Waals surface area (Å²) in [5.74, 6) is 2.70. The highest BCUT2D eigenvalue weighted by Gasteiger charge is 2.26. The van der Waals surface area contributed by atoms with Crippen molar-refractivity contribution in [2.24, 2.45) is 5.92 Å². The van der Waals surface area contributed by atoms with Gasteiger partial charge in [0.15, 0.2) is 5.82 Å². The van der Waals surface area contributed by atoms with Crippen molar-refractivity contribution in [1.29, 1.82) is 0 Å². The molecule has 2 fully saturated rings. The lowest BCUT2D eigenvalue weighted by molar-refractivity contribution is 0.0951. The van der Waals surface area contributed by atoms with Crippen LogP contribution >= 0.6 is 0 Å². The van der Waals surface area contributed by atoms with E-state index >= 15 is 0 Å². The van der Waals surface area contributed by atoms with Gasteiger partial charge in [0.2, 0.25) is 0 Å². The maximum Gasteiger partial charge on any atom is 0.256 e. The van der Waals surface area contributed by atoms with Gasteiger partial charge in [0.1, 0.15) is 17.1 Å². The molecule has 0 spiro atoms. The molecule has 7 nitrogen and oxygen atoms in total. The number of hydrogen-bond donors (Lipinski definition) is 1. The summed E-state index contributed by atoms with van der Waals surface area (Å²) >= 11 is 0.